The van der Waals surface area contributed by atoms with Gasteiger partial charge in [-0.3, -0.25) is 4.79 Å². The van der Waals surface area contributed by atoms with Gasteiger partial charge in [-0.15, -0.1) is 21.5 Å². The van der Waals surface area contributed by atoms with Gasteiger partial charge in [0.15, 0.2) is 11.6 Å². The molecule has 0 N–H and O–H groups in total. The Balaban J connectivity index is 2.14. The van der Waals surface area contributed by atoms with E-state index in [1.165, 1.54) is 16.1 Å². The van der Waals surface area contributed by atoms with Gasteiger partial charge in [-0.25, -0.2) is 0 Å². The van der Waals surface area contributed by atoms with Gasteiger partial charge in [-0.2, -0.15) is 4.80 Å². The number of Topliss-reactive ketones (excluding diaryl/α,β-unsaturated/α-hetero) is 1. The number of carbonyl (C=O) groups is 1. The summed E-state index contributed by atoms with van der Waals surface area (Å²) in [5, 5.41) is 13.2. The van der Waals surface area contributed by atoms with Crippen LogP contribution in [-0.2, 0) is 13.5 Å². The highest BCUT2D eigenvalue weighted by Crippen LogP contribution is 2.25. The maximum absolute atomic E-state index is 11.9. The van der Waals surface area contributed by atoms with Gasteiger partial charge < -0.3 is 4.74 Å². The molecular formula is C9H10N4O2S. The molecule has 0 unspecified atom stereocenters. The molecule has 16 heavy (non-hydrogen) atoms. The standard InChI is InChI=1S/C9H10N4O2S/c1-13-11-8(10-12-13)5-6(14)9-7(15-2)3-4-16-9/h3-4H,5H2,1-2H3. The SMILES string of the molecule is COc1ccsc1C(=O)Cc1nnn(C)n1. The topological polar surface area (TPSA) is 69.9 Å². The summed E-state index contributed by atoms with van der Waals surface area (Å²) in [6.45, 7) is 0. The third-order valence-corrected chi connectivity index (χ3v) is 2.91. The zero-order chi connectivity index (χ0) is 11.5. The van der Waals surface area contributed by atoms with Gasteiger partial charge in [0.1, 0.15) is 10.6 Å². The predicted octanol–water partition coefficient (Wildman–Crippen LogP) is 0.706. The Morgan fingerprint density at radius 3 is 3.06 bits per heavy atom. The van der Waals surface area contributed by atoms with Gasteiger partial charge in [-0.05, 0) is 16.7 Å². The van der Waals surface area contributed by atoms with Crippen LogP contribution in [-0.4, -0.2) is 33.1 Å². The van der Waals surface area contributed by atoms with E-state index >= 15 is 0 Å². The number of ketones is 1. The van der Waals surface area contributed by atoms with Crippen LogP contribution in [0.1, 0.15) is 15.5 Å². The largest absolute Gasteiger partial charge is 0.495 e. The minimum atomic E-state index is -0.0557. The second kappa shape index (κ2) is 4.40. The Hall–Kier alpha value is -1.76. The van der Waals surface area contributed by atoms with Gasteiger partial charge in [-0.1, -0.05) is 0 Å². The summed E-state index contributed by atoms with van der Waals surface area (Å²) in [6, 6.07) is 1.77. The van der Waals surface area contributed by atoms with Crippen molar-refractivity contribution >= 4 is 17.1 Å². The van der Waals surface area contributed by atoms with Crippen LogP contribution in [0, 0.1) is 0 Å². The number of hydrogen-bond acceptors (Lipinski definition) is 6. The van der Waals surface area contributed by atoms with Crippen molar-refractivity contribution in [1.82, 2.24) is 20.2 Å². The number of ether oxygens (including phenoxy) is 1. The predicted molar refractivity (Wildman–Crippen MR) is 57.7 cm³/mol. The normalized spacial score (nSPS) is 10.4. The molecule has 0 fully saturated rings. The number of aromatic nitrogens is 4. The van der Waals surface area contributed by atoms with E-state index in [2.05, 4.69) is 15.4 Å². The van der Waals surface area contributed by atoms with Crippen molar-refractivity contribution in [3.05, 3.63) is 22.1 Å². The van der Waals surface area contributed by atoms with Crippen LogP contribution in [0.3, 0.4) is 0 Å². The first-order chi connectivity index (χ1) is 7.70. The molecule has 7 heteroatoms. The maximum atomic E-state index is 11.9. The molecule has 0 aliphatic rings. The molecule has 2 rings (SSSR count). The number of nitrogens with zero attached hydrogens (tertiary/aromatic N) is 4. The van der Waals surface area contributed by atoms with Crippen molar-refractivity contribution in [3.63, 3.8) is 0 Å². The van der Waals surface area contributed by atoms with E-state index in [9.17, 15) is 4.79 Å². The van der Waals surface area contributed by atoms with Crippen molar-refractivity contribution in [3.8, 4) is 5.75 Å². The maximum Gasteiger partial charge on any atom is 0.184 e. The molecular weight excluding hydrogens is 228 g/mol. The van der Waals surface area contributed by atoms with E-state index < -0.39 is 0 Å². The lowest BCUT2D eigenvalue weighted by Crippen LogP contribution is -2.05. The molecule has 84 valence electrons. The van der Waals surface area contributed by atoms with E-state index in [0.29, 0.717) is 16.5 Å². The van der Waals surface area contributed by atoms with Crippen molar-refractivity contribution in [2.45, 2.75) is 6.42 Å². The quantitative estimate of drug-likeness (QED) is 0.733. The monoisotopic (exact) mass is 238 g/mol. The minimum Gasteiger partial charge on any atom is -0.495 e. The number of thiophene rings is 1. The van der Waals surface area contributed by atoms with E-state index in [4.69, 9.17) is 4.74 Å². The zero-order valence-electron chi connectivity index (χ0n) is 8.88. The second-order valence-corrected chi connectivity index (χ2v) is 4.03. The van der Waals surface area contributed by atoms with Gasteiger partial charge >= 0.3 is 0 Å². The molecule has 0 atom stereocenters. The Morgan fingerprint density at radius 1 is 1.62 bits per heavy atom. The lowest BCUT2D eigenvalue weighted by molar-refractivity contribution is 0.0992. The molecule has 2 heterocycles. The highest BCUT2D eigenvalue weighted by Gasteiger charge is 2.16. The molecule has 0 saturated heterocycles. The molecule has 0 saturated carbocycles. The second-order valence-electron chi connectivity index (χ2n) is 3.11. The van der Waals surface area contributed by atoms with Crippen LogP contribution >= 0.6 is 11.3 Å². The lowest BCUT2D eigenvalue weighted by Gasteiger charge is -1.99. The molecule has 0 aliphatic carbocycles. The van der Waals surface area contributed by atoms with Crippen LogP contribution < -0.4 is 4.74 Å². The zero-order valence-corrected chi connectivity index (χ0v) is 9.69. The van der Waals surface area contributed by atoms with Crippen LogP contribution in [0.15, 0.2) is 11.4 Å². The first kappa shape index (κ1) is 10.7. The van der Waals surface area contributed by atoms with Crippen LogP contribution in [0.25, 0.3) is 0 Å². The highest BCUT2D eigenvalue weighted by molar-refractivity contribution is 7.12. The smallest absolute Gasteiger partial charge is 0.184 e. The molecule has 2 aromatic rings. The van der Waals surface area contributed by atoms with Crippen LogP contribution in [0.2, 0.25) is 0 Å². The fourth-order valence-electron chi connectivity index (χ4n) is 1.28. The number of hydrogen-bond donors (Lipinski definition) is 0. The third kappa shape index (κ3) is 2.08. The van der Waals surface area contributed by atoms with E-state index in [1.54, 1.807) is 20.2 Å². The number of aryl methyl sites for hydroxylation is 1. The van der Waals surface area contributed by atoms with Crippen molar-refractivity contribution in [1.29, 1.82) is 0 Å². The van der Waals surface area contributed by atoms with E-state index in [-0.39, 0.29) is 12.2 Å². The third-order valence-electron chi connectivity index (χ3n) is 1.97. The number of rotatable bonds is 4. The van der Waals surface area contributed by atoms with E-state index in [1.807, 2.05) is 5.38 Å². The summed E-state index contributed by atoms with van der Waals surface area (Å²) < 4.78 is 5.08. The Bertz CT molecular complexity index is 505. The van der Waals surface area contributed by atoms with Gasteiger partial charge in [0.2, 0.25) is 0 Å². The number of methoxy groups -OCH3 is 1. The van der Waals surface area contributed by atoms with Crippen molar-refractivity contribution in [2.75, 3.05) is 7.11 Å². The average Bonchev–Trinajstić information content (AvgIpc) is 2.86. The summed E-state index contributed by atoms with van der Waals surface area (Å²) in [5.41, 5.74) is 0. The lowest BCUT2D eigenvalue weighted by atomic mass is 10.2. The summed E-state index contributed by atoms with van der Waals surface area (Å²) in [4.78, 5) is 13.8. The fraction of sp³-hybridized carbons (Fsp3) is 0.333. The first-order valence-electron chi connectivity index (χ1n) is 4.58. The van der Waals surface area contributed by atoms with E-state index in [0.717, 1.165) is 0 Å². The van der Waals surface area contributed by atoms with Crippen LogP contribution in [0.5, 0.6) is 5.75 Å². The summed E-state index contributed by atoms with van der Waals surface area (Å²) in [7, 11) is 3.20. The molecule has 0 aliphatic heterocycles. The minimum absolute atomic E-state index is 0.0557. The average molecular weight is 238 g/mol. The van der Waals surface area contributed by atoms with Gasteiger partial charge in [0.25, 0.3) is 0 Å². The molecule has 6 nitrogen and oxygen atoms in total. The van der Waals surface area contributed by atoms with Crippen LogP contribution in [0.4, 0.5) is 0 Å². The fourth-order valence-corrected chi connectivity index (χ4v) is 2.08. The molecule has 0 bridgehead atoms. The first-order valence-corrected chi connectivity index (χ1v) is 5.46. The van der Waals surface area contributed by atoms with Crippen molar-refractivity contribution < 1.29 is 9.53 Å². The molecule has 2 aromatic heterocycles. The Labute approximate surface area is 95.8 Å². The molecule has 0 spiro atoms. The van der Waals surface area contributed by atoms with Gasteiger partial charge in [0, 0.05) is 0 Å². The molecule has 0 amide bonds. The number of carbonyl (C=O) groups excluding carboxylic acids is 1. The highest BCUT2D eigenvalue weighted by atomic mass is 32.1. The molecule has 0 aromatic carbocycles. The summed E-state index contributed by atoms with van der Waals surface area (Å²) in [5.74, 6) is 0.960. The Kier molecular flexibility index (Phi) is 2.95. The van der Waals surface area contributed by atoms with Gasteiger partial charge in [0.05, 0.1) is 20.6 Å². The molecule has 0 radical (unpaired) electrons. The summed E-state index contributed by atoms with van der Waals surface area (Å²) >= 11 is 1.35. The Morgan fingerprint density at radius 2 is 2.44 bits per heavy atom. The summed E-state index contributed by atoms with van der Waals surface area (Å²) in [6.07, 6.45) is 0.144. The number of tetrazole rings is 1. The van der Waals surface area contributed by atoms with Crippen molar-refractivity contribution in [2.24, 2.45) is 7.05 Å².